The van der Waals surface area contributed by atoms with Crippen molar-refractivity contribution in [2.45, 2.75) is 31.7 Å². The summed E-state index contributed by atoms with van der Waals surface area (Å²) in [5.41, 5.74) is 0.789. The molecule has 1 heterocycles. The molecule has 0 bridgehead atoms. The molecule has 5 nitrogen and oxygen atoms in total. The smallest absolute Gasteiger partial charge is 0.254 e. The van der Waals surface area contributed by atoms with Crippen LogP contribution in [-0.4, -0.2) is 53.8 Å². The van der Waals surface area contributed by atoms with E-state index in [0.29, 0.717) is 37.4 Å². The van der Waals surface area contributed by atoms with Crippen LogP contribution in [0, 0.1) is 17.6 Å². The quantitative estimate of drug-likeness (QED) is 0.787. The highest BCUT2D eigenvalue weighted by molar-refractivity contribution is 5.95. The van der Waals surface area contributed by atoms with Gasteiger partial charge in [-0.1, -0.05) is 25.0 Å². The van der Waals surface area contributed by atoms with Crippen molar-refractivity contribution < 1.29 is 18.4 Å². The Kier molecular flexibility index (Phi) is 6.61. The van der Waals surface area contributed by atoms with Crippen molar-refractivity contribution in [3.63, 3.8) is 0 Å². The lowest BCUT2D eigenvalue weighted by Crippen LogP contribution is -2.56. The number of amides is 2. The van der Waals surface area contributed by atoms with Crippen LogP contribution in [0.2, 0.25) is 0 Å². The number of piperazine rings is 1. The van der Waals surface area contributed by atoms with Gasteiger partial charge in [0, 0.05) is 37.4 Å². The molecule has 0 radical (unpaired) electrons. The number of benzene rings is 2. The van der Waals surface area contributed by atoms with Crippen LogP contribution in [0.5, 0.6) is 0 Å². The van der Waals surface area contributed by atoms with Crippen LogP contribution >= 0.6 is 0 Å². The minimum Gasteiger partial charge on any atom is -0.336 e. The molecule has 2 aromatic rings. The molecule has 0 spiro atoms. The maximum absolute atomic E-state index is 13.5. The topological polar surface area (TPSA) is 52.7 Å². The SMILES string of the molecule is O=C(Nc1cccc(F)c1)[C@@H](C1CCCC1)N1CCN(C(=O)c2cccc(F)c2)CC1. The molecule has 0 unspecified atom stereocenters. The van der Waals surface area contributed by atoms with Crippen molar-refractivity contribution in [3.05, 3.63) is 65.7 Å². The van der Waals surface area contributed by atoms with Gasteiger partial charge in [0.25, 0.3) is 5.91 Å². The first-order valence-corrected chi connectivity index (χ1v) is 10.9. The van der Waals surface area contributed by atoms with Crippen molar-refractivity contribution in [1.29, 1.82) is 0 Å². The number of nitrogens with zero attached hydrogens (tertiary/aromatic N) is 2. The Morgan fingerprint density at radius 2 is 1.55 bits per heavy atom. The molecular formula is C24H27F2N3O2. The first-order valence-electron chi connectivity index (χ1n) is 10.9. The average Bonchev–Trinajstić information content (AvgIpc) is 3.28. The molecule has 4 rings (SSSR count). The molecule has 0 aromatic heterocycles. The summed E-state index contributed by atoms with van der Waals surface area (Å²) < 4.78 is 27.0. The van der Waals surface area contributed by atoms with E-state index < -0.39 is 5.82 Å². The van der Waals surface area contributed by atoms with Gasteiger partial charge in [-0.3, -0.25) is 14.5 Å². The summed E-state index contributed by atoms with van der Waals surface area (Å²) in [6.07, 6.45) is 4.19. The van der Waals surface area contributed by atoms with Crippen molar-refractivity contribution in [3.8, 4) is 0 Å². The fourth-order valence-corrected chi connectivity index (χ4v) is 4.74. The maximum atomic E-state index is 13.5. The van der Waals surface area contributed by atoms with Gasteiger partial charge in [-0.25, -0.2) is 8.78 Å². The number of carbonyl (C=O) groups is 2. The van der Waals surface area contributed by atoms with Crippen molar-refractivity contribution in [1.82, 2.24) is 9.80 Å². The number of nitrogens with one attached hydrogen (secondary N) is 1. The van der Waals surface area contributed by atoms with E-state index in [1.807, 2.05) is 0 Å². The fourth-order valence-electron chi connectivity index (χ4n) is 4.74. The molecule has 2 amide bonds. The third-order valence-corrected chi connectivity index (χ3v) is 6.27. The van der Waals surface area contributed by atoms with Crippen LogP contribution in [-0.2, 0) is 4.79 Å². The normalized spacial score (nSPS) is 18.7. The van der Waals surface area contributed by atoms with Gasteiger partial charge in [-0.15, -0.1) is 0 Å². The highest BCUT2D eigenvalue weighted by atomic mass is 19.1. The molecular weight excluding hydrogens is 400 g/mol. The molecule has 1 saturated carbocycles. The standard InChI is InChI=1S/C24H27F2N3O2/c25-19-8-3-7-18(15-19)24(31)29-13-11-28(12-14-29)22(17-5-1-2-6-17)23(30)27-21-10-4-9-20(26)16-21/h3-4,7-10,15-17,22H,1-2,5-6,11-14H2,(H,27,30)/t22-/m1/s1. The highest BCUT2D eigenvalue weighted by Crippen LogP contribution is 2.32. The summed E-state index contributed by atoms with van der Waals surface area (Å²) in [6.45, 7) is 2.09. The molecule has 31 heavy (non-hydrogen) atoms. The zero-order valence-corrected chi connectivity index (χ0v) is 17.4. The minimum absolute atomic E-state index is 0.123. The summed E-state index contributed by atoms with van der Waals surface area (Å²) in [6, 6.07) is 11.3. The number of anilines is 1. The molecule has 164 valence electrons. The first kappa shape index (κ1) is 21.4. The van der Waals surface area contributed by atoms with E-state index in [1.165, 1.54) is 30.3 Å². The molecule has 1 aliphatic heterocycles. The molecule has 1 atom stereocenters. The van der Waals surface area contributed by atoms with Crippen molar-refractivity contribution >= 4 is 17.5 Å². The van der Waals surface area contributed by atoms with Gasteiger partial charge in [0.2, 0.25) is 5.91 Å². The van der Waals surface area contributed by atoms with E-state index in [4.69, 9.17) is 0 Å². The van der Waals surface area contributed by atoms with E-state index in [2.05, 4.69) is 10.2 Å². The van der Waals surface area contributed by atoms with Crippen molar-refractivity contribution in [2.75, 3.05) is 31.5 Å². The van der Waals surface area contributed by atoms with Crippen LogP contribution in [0.1, 0.15) is 36.0 Å². The predicted octanol–water partition coefficient (Wildman–Crippen LogP) is 3.92. The second kappa shape index (κ2) is 9.56. The highest BCUT2D eigenvalue weighted by Gasteiger charge is 2.37. The average molecular weight is 427 g/mol. The lowest BCUT2D eigenvalue weighted by Gasteiger charge is -2.40. The van der Waals surface area contributed by atoms with E-state index in [9.17, 15) is 18.4 Å². The lowest BCUT2D eigenvalue weighted by molar-refractivity contribution is -0.123. The number of rotatable bonds is 5. The van der Waals surface area contributed by atoms with Gasteiger partial charge in [0.15, 0.2) is 0 Å². The van der Waals surface area contributed by atoms with Gasteiger partial charge in [0.1, 0.15) is 11.6 Å². The predicted molar refractivity (Wildman–Crippen MR) is 115 cm³/mol. The minimum atomic E-state index is -0.431. The van der Waals surface area contributed by atoms with Gasteiger partial charge in [-0.05, 0) is 55.2 Å². The second-order valence-corrected chi connectivity index (χ2v) is 8.33. The van der Waals surface area contributed by atoms with Crippen LogP contribution in [0.4, 0.5) is 14.5 Å². The number of hydrogen-bond donors (Lipinski definition) is 1. The van der Waals surface area contributed by atoms with Crippen LogP contribution in [0.25, 0.3) is 0 Å². The largest absolute Gasteiger partial charge is 0.336 e. The Balaban J connectivity index is 1.43. The third kappa shape index (κ3) is 5.10. The fraction of sp³-hybridized carbons (Fsp3) is 0.417. The summed E-state index contributed by atoms with van der Waals surface area (Å²) >= 11 is 0. The van der Waals surface area contributed by atoms with E-state index in [-0.39, 0.29) is 29.6 Å². The Bertz CT molecular complexity index is 938. The van der Waals surface area contributed by atoms with Gasteiger partial charge in [-0.2, -0.15) is 0 Å². The van der Waals surface area contributed by atoms with Crippen LogP contribution in [0.3, 0.4) is 0 Å². The summed E-state index contributed by atoms with van der Waals surface area (Å²) in [5.74, 6) is -0.887. The molecule has 2 aromatic carbocycles. The van der Waals surface area contributed by atoms with Gasteiger partial charge in [0.05, 0.1) is 6.04 Å². The Morgan fingerprint density at radius 3 is 2.19 bits per heavy atom. The molecule has 1 aliphatic carbocycles. The first-order chi connectivity index (χ1) is 15.0. The summed E-state index contributed by atoms with van der Waals surface area (Å²) in [7, 11) is 0. The maximum Gasteiger partial charge on any atom is 0.254 e. The molecule has 1 saturated heterocycles. The van der Waals surface area contributed by atoms with Crippen LogP contribution < -0.4 is 5.32 Å². The number of hydrogen-bond acceptors (Lipinski definition) is 3. The molecule has 2 aliphatic rings. The van der Waals surface area contributed by atoms with Crippen LogP contribution in [0.15, 0.2) is 48.5 Å². The molecule has 1 N–H and O–H groups in total. The van der Waals surface area contributed by atoms with Gasteiger partial charge >= 0.3 is 0 Å². The molecule has 7 heteroatoms. The summed E-state index contributed by atoms with van der Waals surface area (Å²) in [5, 5.41) is 2.88. The number of carbonyl (C=O) groups excluding carboxylic acids is 2. The van der Waals surface area contributed by atoms with E-state index >= 15 is 0 Å². The number of halogens is 2. The summed E-state index contributed by atoms with van der Waals surface area (Å²) in [4.78, 5) is 29.8. The monoisotopic (exact) mass is 427 g/mol. The zero-order chi connectivity index (χ0) is 21.8. The Morgan fingerprint density at radius 1 is 0.903 bits per heavy atom. The molecule has 2 fully saturated rings. The van der Waals surface area contributed by atoms with E-state index in [0.717, 1.165) is 25.7 Å². The van der Waals surface area contributed by atoms with E-state index in [1.54, 1.807) is 23.1 Å². The van der Waals surface area contributed by atoms with Gasteiger partial charge < -0.3 is 10.2 Å². The lowest BCUT2D eigenvalue weighted by atomic mass is 9.94. The van der Waals surface area contributed by atoms with Crippen molar-refractivity contribution in [2.24, 2.45) is 5.92 Å². The zero-order valence-electron chi connectivity index (χ0n) is 17.4. The second-order valence-electron chi connectivity index (χ2n) is 8.33. The third-order valence-electron chi connectivity index (χ3n) is 6.27. The Labute approximate surface area is 181 Å². The Hall–Kier alpha value is -2.80.